The predicted molar refractivity (Wildman–Crippen MR) is 72.7 cm³/mol. The Morgan fingerprint density at radius 3 is 2.95 bits per heavy atom. The van der Waals surface area contributed by atoms with Crippen LogP contribution in [0, 0.1) is 5.92 Å². The molecule has 1 fully saturated rings. The lowest BCUT2D eigenvalue weighted by Crippen LogP contribution is -2.46. The molecule has 2 atom stereocenters. The molecule has 0 aliphatic carbocycles. The fourth-order valence-electron chi connectivity index (χ4n) is 2.88. The monoisotopic (exact) mass is 265 g/mol. The molecule has 106 valence electrons. The van der Waals surface area contributed by atoms with Crippen LogP contribution in [0.4, 0.5) is 0 Å². The summed E-state index contributed by atoms with van der Waals surface area (Å²) in [6.07, 6.45) is 6.59. The van der Waals surface area contributed by atoms with E-state index in [2.05, 4.69) is 28.3 Å². The maximum Gasteiger partial charge on any atom is 0.320 e. The summed E-state index contributed by atoms with van der Waals surface area (Å²) in [5.74, 6) is -0.144. The van der Waals surface area contributed by atoms with E-state index in [1.54, 1.807) is 0 Å². The molecular formula is C14H23N3O2. The number of aliphatic carboxylic acids is 1. The van der Waals surface area contributed by atoms with E-state index in [0.717, 1.165) is 38.0 Å². The van der Waals surface area contributed by atoms with Gasteiger partial charge in [-0.15, -0.1) is 0 Å². The summed E-state index contributed by atoms with van der Waals surface area (Å²) in [4.78, 5) is 17.7. The first-order valence-corrected chi connectivity index (χ1v) is 7.11. The summed E-state index contributed by atoms with van der Waals surface area (Å²) in [6, 6.07) is -0.348. The Balaban J connectivity index is 2.08. The lowest BCUT2D eigenvalue weighted by Gasteiger charge is -2.36. The third-order valence-corrected chi connectivity index (χ3v) is 4.19. The summed E-state index contributed by atoms with van der Waals surface area (Å²) >= 11 is 0. The molecule has 2 rings (SSSR count). The fraction of sp³-hybridized carbons (Fsp3) is 0.714. The fourth-order valence-corrected chi connectivity index (χ4v) is 2.88. The smallest absolute Gasteiger partial charge is 0.320 e. The number of carbonyl (C=O) groups is 1. The molecule has 1 aromatic rings. The minimum absolute atomic E-state index is 0.348. The van der Waals surface area contributed by atoms with E-state index >= 15 is 0 Å². The molecule has 1 N–H and O–H groups in total. The Labute approximate surface area is 114 Å². The van der Waals surface area contributed by atoms with E-state index in [0.29, 0.717) is 12.5 Å². The van der Waals surface area contributed by atoms with E-state index in [9.17, 15) is 9.90 Å². The Morgan fingerprint density at radius 1 is 1.53 bits per heavy atom. The van der Waals surface area contributed by atoms with Crippen molar-refractivity contribution in [3.63, 3.8) is 0 Å². The minimum atomic E-state index is -0.694. The van der Waals surface area contributed by atoms with Crippen molar-refractivity contribution in [2.75, 3.05) is 6.54 Å². The van der Waals surface area contributed by atoms with E-state index in [-0.39, 0.29) is 6.04 Å². The molecule has 0 spiro atoms. The van der Waals surface area contributed by atoms with Crippen molar-refractivity contribution in [2.24, 2.45) is 5.92 Å². The van der Waals surface area contributed by atoms with Crippen LogP contribution >= 0.6 is 0 Å². The summed E-state index contributed by atoms with van der Waals surface area (Å²) in [6.45, 7) is 6.64. The van der Waals surface area contributed by atoms with Crippen molar-refractivity contribution in [2.45, 2.75) is 52.2 Å². The van der Waals surface area contributed by atoms with Crippen LogP contribution in [0.5, 0.6) is 0 Å². The van der Waals surface area contributed by atoms with Crippen LogP contribution in [0.2, 0.25) is 0 Å². The average Bonchev–Trinajstić information content (AvgIpc) is 2.86. The van der Waals surface area contributed by atoms with Gasteiger partial charge in [-0.05, 0) is 32.2 Å². The highest BCUT2D eigenvalue weighted by atomic mass is 16.4. The molecule has 1 saturated heterocycles. The Morgan fingerprint density at radius 2 is 2.32 bits per heavy atom. The third kappa shape index (κ3) is 3.15. The van der Waals surface area contributed by atoms with Gasteiger partial charge >= 0.3 is 5.97 Å². The standard InChI is InChI=1S/C14H23N3O2/c1-3-11-5-6-17(13(7-11)14(18)19)9-12-8-15-10-16(12)4-2/h8,10-11,13H,3-7,9H2,1-2H3,(H,18,19). The number of rotatable bonds is 5. The number of aryl methyl sites for hydroxylation is 1. The quantitative estimate of drug-likeness (QED) is 0.884. The van der Waals surface area contributed by atoms with Crippen molar-refractivity contribution >= 4 is 5.97 Å². The third-order valence-electron chi connectivity index (χ3n) is 4.19. The number of hydrogen-bond acceptors (Lipinski definition) is 3. The molecule has 1 aliphatic heterocycles. The first kappa shape index (κ1) is 14.1. The van der Waals surface area contributed by atoms with Crippen LogP contribution in [-0.2, 0) is 17.9 Å². The maximum atomic E-state index is 11.4. The van der Waals surface area contributed by atoms with Crippen molar-refractivity contribution in [3.8, 4) is 0 Å². The molecule has 2 heterocycles. The van der Waals surface area contributed by atoms with Gasteiger partial charge in [-0.2, -0.15) is 0 Å². The molecule has 1 aromatic heterocycles. The SMILES string of the molecule is CCC1CCN(Cc2cncn2CC)C(C(=O)O)C1. The highest BCUT2D eigenvalue weighted by molar-refractivity contribution is 5.73. The number of piperidine rings is 1. The average molecular weight is 265 g/mol. The normalized spacial score (nSPS) is 24.5. The summed E-state index contributed by atoms with van der Waals surface area (Å²) in [7, 11) is 0. The second-order valence-corrected chi connectivity index (χ2v) is 5.29. The Hall–Kier alpha value is -1.36. The molecule has 0 radical (unpaired) electrons. The first-order chi connectivity index (χ1) is 9.15. The van der Waals surface area contributed by atoms with Crippen LogP contribution in [0.3, 0.4) is 0 Å². The van der Waals surface area contributed by atoms with Crippen molar-refractivity contribution in [1.29, 1.82) is 0 Å². The number of carboxylic acid groups (broad SMARTS) is 1. The lowest BCUT2D eigenvalue weighted by atomic mass is 9.89. The summed E-state index contributed by atoms with van der Waals surface area (Å²) < 4.78 is 2.07. The van der Waals surface area contributed by atoms with Gasteiger partial charge in [-0.25, -0.2) is 4.98 Å². The largest absolute Gasteiger partial charge is 0.480 e. The van der Waals surface area contributed by atoms with Crippen LogP contribution in [0.15, 0.2) is 12.5 Å². The molecule has 2 unspecified atom stereocenters. The van der Waals surface area contributed by atoms with Crippen LogP contribution in [0.1, 0.15) is 38.8 Å². The Bertz CT molecular complexity index is 430. The van der Waals surface area contributed by atoms with Crippen LogP contribution in [-0.4, -0.2) is 38.1 Å². The van der Waals surface area contributed by atoms with E-state index < -0.39 is 5.97 Å². The second-order valence-electron chi connectivity index (χ2n) is 5.29. The van der Waals surface area contributed by atoms with E-state index in [4.69, 9.17) is 0 Å². The zero-order chi connectivity index (χ0) is 13.8. The van der Waals surface area contributed by atoms with Crippen LogP contribution in [0.25, 0.3) is 0 Å². The zero-order valence-corrected chi connectivity index (χ0v) is 11.7. The van der Waals surface area contributed by atoms with E-state index in [1.807, 2.05) is 12.5 Å². The maximum absolute atomic E-state index is 11.4. The first-order valence-electron chi connectivity index (χ1n) is 7.11. The highest BCUT2D eigenvalue weighted by Gasteiger charge is 2.32. The molecule has 19 heavy (non-hydrogen) atoms. The molecule has 0 amide bonds. The lowest BCUT2D eigenvalue weighted by molar-refractivity contribution is -0.145. The zero-order valence-electron chi connectivity index (χ0n) is 11.7. The van der Waals surface area contributed by atoms with Gasteiger partial charge in [0.25, 0.3) is 0 Å². The molecule has 0 bridgehead atoms. The highest BCUT2D eigenvalue weighted by Crippen LogP contribution is 2.26. The number of imidazole rings is 1. The van der Waals surface area contributed by atoms with E-state index in [1.165, 1.54) is 0 Å². The number of hydrogen-bond donors (Lipinski definition) is 1. The molecule has 1 aliphatic rings. The van der Waals surface area contributed by atoms with Crippen molar-refractivity contribution < 1.29 is 9.90 Å². The molecule has 5 nitrogen and oxygen atoms in total. The van der Waals surface area contributed by atoms with Gasteiger partial charge < -0.3 is 9.67 Å². The summed E-state index contributed by atoms with van der Waals surface area (Å²) in [5, 5.41) is 9.41. The van der Waals surface area contributed by atoms with Gasteiger partial charge in [0.1, 0.15) is 6.04 Å². The molecule has 0 aromatic carbocycles. The summed E-state index contributed by atoms with van der Waals surface area (Å²) in [5.41, 5.74) is 1.10. The van der Waals surface area contributed by atoms with Crippen molar-refractivity contribution in [3.05, 3.63) is 18.2 Å². The minimum Gasteiger partial charge on any atom is -0.480 e. The van der Waals surface area contributed by atoms with Gasteiger partial charge in [0, 0.05) is 19.3 Å². The number of nitrogens with zero attached hydrogens (tertiary/aromatic N) is 3. The van der Waals surface area contributed by atoms with Gasteiger partial charge in [-0.3, -0.25) is 9.69 Å². The number of carboxylic acids is 1. The molecular weight excluding hydrogens is 242 g/mol. The molecule has 5 heteroatoms. The van der Waals surface area contributed by atoms with Gasteiger partial charge in [0.15, 0.2) is 0 Å². The topological polar surface area (TPSA) is 58.4 Å². The Kier molecular flexibility index (Phi) is 4.58. The van der Waals surface area contributed by atoms with Crippen LogP contribution < -0.4 is 0 Å². The van der Waals surface area contributed by atoms with Gasteiger partial charge in [0.05, 0.1) is 12.0 Å². The number of likely N-dealkylation sites (tertiary alicyclic amines) is 1. The van der Waals surface area contributed by atoms with Gasteiger partial charge in [-0.1, -0.05) is 13.3 Å². The van der Waals surface area contributed by atoms with Crippen molar-refractivity contribution in [1.82, 2.24) is 14.5 Å². The second kappa shape index (κ2) is 6.19. The molecule has 0 saturated carbocycles. The number of aromatic nitrogens is 2. The van der Waals surface area contributed by atoms with Gasteiger partial charge in [0.2, 0.25) is 0 Å². The predicted octanol–water partition coefficient (Wildman–Crippen LogP) is 1.98.